The number of hydrogen-bond donors (Lipinski definition) is 2. The summed E-state index contributed by atoms with van der Waals surface area (Å²) < 4.78 is 44.2. The van der Waals surface area contributed by atoms with Gasteiger partial charge in [-0.15, -0.1) is 10.2 Å². The number of nitrogens with one attached hydrogen (secondary N) is 2. The second-order valence-electron chi connectivity index (χ2n) is 7.92. The van der Waals surface area contributed by atoms with Crippen LogP contribution in [0.5, 0.6) is 5.75 Å². The van der Waals surface area contributed by atoms with E-state index in [0.717, 1.165) is 10.8 Å². The van der Waals surface area contributed by atoms with E-state index in [4.69, 9.17) is 8.85 Å². The Morgan fingerprint density at radius 3 is 2.64 bits per heavy atom. The molecule has 0 saturated heterocycles. The Balaban J connectivity index is 0.00000308. The van der Waals surface area contributed by atoms with Crippen LogP contribution in [0, 0.1) is 5.92 Å². The van der Waals surface area contributed by atoms with Gasteiger partial charge in [-0.2, -0.15) is 4.80 Å². The SMILES string of the molecule is [2H]C([2H])([2H])NC(=O)c1cn(COP(=O)([O-])[O-])c(NC(=O)C2CC2)cc1=Nc1cccc(-c2nnn(C)n2)c1OC.[Na+].[Na+]. The molecule has 1 aliphatic rings. The number of phosphoric acid groups is 1. The number of phosphoric ester groups is 1. The van der Waals surface area contributed by atoms with Gasteiger partial charge in [0.05, 0.1) is 38.5 Å². The van der Waals surface area contributed by atoms with Crippen molar-refractivity contribution in [1.29, 1.82) is 0 Å². The maximum Gasteiger partial charge on any atom is 1.00 e. The van der Waals surface area contributed by atoms with Gasteiger partial charge in [-0.25, -0.2) is 4.99 Å². The summed E-state index contributed by atoms with van der Waals surface area (Å²) in [6.07, 6.45) is 2.31. The number of carbonyl (C=O) groups is 2. The number of pyridine rings is 1. The summed E-state index contributed by atoms with van der Waals surface area (Å²) in [4.78, 5) is 53.6. The molecular formula is C21H23N8Na2O7P. The third kappa shape index (κ3) is 8.54. The molecule has 0 unspecified atom stereocenters. The summed E-state index contributed by atoms with van der Waals surface area (Å²) >= 11 is 0. The first-order chi connectivity index (χ1) is 18.7. The van der Waals surface area contributed by atoms with E-state index >= 15 is 0 Å². The number of anilines is 1. The molecule has 4 rings (SSSR count). The van der Waals surface area contributed by atoms with Crippen molar-refractivity contribution in [2.45, 2.75) is 19.6 Å². The number of aromatic nitrogens is 5. The van der Waals surface area contributed by atoms with Crippen LogP contribution in [0.3, 0.4) is 0 Å². The molecule has 0 spiro atoms. The van der Waals surface area contributed by atoms with Crippen molar-refractivity contribution in [3.63, 3.8) is 0 Å². The first kappa shape index (κ1) is 28.6. The van der Waals surface area contributed by atoms with Crippen LogP contribution in [-0.4, -0.2) is 50.7 Å². The van der Waals surface area contributed by atoms with E-state index < -0.39 is 27.4 Å². The molecule has 3 aromatic rings. The Labute approximate surface area is 271 Å². The minimum atomic E-state index is -5.46. The van der Waals surface area contributed by atoms with E-state index in [1.807, 2.05) is 5.32 Å². The zero-order chi connectivity index (χ0) is 29.2. The van der Waals surface area contributed by atoms with Crippen molar-refractivity contribution in [2.24, 2.45) is 18.0 Å². The number of tetrazole rings is 1. The van der Waals surface area contributed by atoms with Crippen LogP contribution in [0.15, 0.2) is 35.5 Å². The summed E-state index contributed by atoms with van der Waals surface area (Å²) in [5.41, 5.74) is 0.238. The predicted octanol–water partition coefficient (Wildman–Crippen LogP) is -6.56. The molecule has 1 aliphatic carbocycles. The van der Waals surface area contributed by atoms with Crippen LogP contribution in [0.2, 0.25) is 0 Å². The Hall–Kier alpha value is -1.91. The van der Waals surface area contributed by atoms with E-state index in [0.29, 0.717) is 18.4 Å². The average molecular weight is 579 g/mol. The van der Waals surface area contributed by atoms with E-state index in [1.165, 1.54) is 18.0 Å². The third-order valence-electron chi connectivity index (χ3n) is 5.24. The number of benzene rings is 1. The molecule has 39 heavy (non-hydrogen) atoms. The van der Waals surface area contributed by atoms with Crippen LogP contribution in [-0.2, 0) is 27.7 Å². The van der Waals surface area contributed by atoms with Crippen LogP contribution in [0.4, 0.5) is 11.5 Å². The van der Waals surface area contributed by atoms with Crippen molar-refractivity contribution in [3.8, 4) is 17.1 Å². The van der Waals surface area contributed by atoms with Crippen molar-refractivity contribution in [2.75, 3.05) is 19.4 Å². The van der Waals surface area contributed by atoms with Gasteiger partial charge in [0, 0.05) is 29.3 Å². The smallest absolute Gasteiger partial charge is 0.790 e. The number of nitrogens with zero attached hydrogens (tertiary/aromatic N) is 6. The second-order valence-corrected chi connectivity index (χ2v) is 9.08. The number of carbonyl (C=O) groups excluding carboxylic acids is 2. The number of amides is 2. The van der Waals surface area contributed by atoms with Gasteiger partial charge in [0.25, 0.3) is 5.91 Å². The number of hydrogen-bond acceptors (Lipinski definition) is 11. The maximum absolute atomic E-state index is 13.0. The van der Waals surface area contributed by atoms with Crippen LogP contribution >= 0.6 is 7.82 Å². The first-order valence-electron chi connectivity index (χ1n) is 12.2. The fourth-order valence-corrected chi connectivity index (χ4v) is 3.63. The van der Waals surface area contributed by atoms with Gasteiger partial charge in [0.1, 0.15) is 18.2 Å². The molecule has 0 radical (unpaired) electrons. The molecule has 18 heteroatoms. The number of para-hydroxylation sites is 1. The number of methoxy groups -OCH3 is 1. The van der Waals surface area contributed by atoms with Gasteiger partial charge < -0.3 is 38.8 Å². The molecule has 1 saturated carbocycles. The van der Waals surface area contributed by atoms with Gasteiger partial charge in [-0.05, 0) is 30.2 Å². The standard InChI is InChI=1S/C21H25N8O7P.2Na/c1-22-21(31)14-10-29(11-36-37(32,33)34)17(24-20(30)12-7-8-12)9-16(14)23-15-6-4-5-13(18(15)35-3)19-25-27-28(2)26-19;;/h4-6,9-10,12H,7-8,11H2,1-3H3,(H,22,31)(H,24,30)(H2,32,33,34);;/q;2*+1/p-2/i1D3;;. The normalized spacial score (nSPS) is 14.7. The Morgan fingerprint density at radius 1 is 1.31 bits per heavy atom. The molecule has 196 valence electrons. The summed E-state index contributed by atoms with van der Waals surface area (Å²) in [6.45, 7) is -3.79. The maximum atomic E-state index is 13.0. The molecule has 0 bridgehead atoms. The molecule has 0 aliphatic heterocycles. The van der Waals surface area contributed by atoms with Gasteiger partial charge in [0.2, 0.25) is 11.7 Å². The van der Waals surface area contributed by atoms with E-state index in [1.54, 1.807) is 25.2 Å². The zero-order valence-corrected chi connectivity index (χ0v) is 26.5. The number of aryl methyl sites for hydroxylation is 1. The van der Waals surface area contributed by atoms with Crippen molar-refractivity contribution < 1.29 is 96.4 Å². The monoisotopic (exact) mass is 579 g/mol. The van der Waals surface area contributed by atoms with Crippen molar-refractivity contribution in [1.82, 2.24) is 30.1 Å². The third-order valence-corrected chi connectivity index (χ3v) is 5.68. The van der Waals surface area contributed by atoms with Gasteiger partial charge in [-0.1, -0.05) is 6.07 Å². The first-order valence-corrected chi connectivity index (χ1v) is 12.2. The largest absolute Gasteiger partial charge is 1.00 e. The molecule has 15 nitrogen and oxygen atoms in total. The summed E-state index contributed by atoms with van der Waals surface area (Å²) in [7, 11) is -2.51. The van der Waals surface area contributed by atoms with Crippen molar-refractivity contribution >= 4 is 31.1 Å². The fraction of sp³-hybridized carbons (Fsp3) is 0.333. The van der Waals surface area contributed by atoms with E-state index in [2.05, 4.69) is 30.2 Å². The van der Waals surface area contributed by atoms with Crippen LogP contribution < -0.4 is 89.6 Å². The zero-order valence-electron chi connectivity index (χ0n) is 24.6. The Bertz CT molecular complexity index is 1570. The van der Waals surface area contributed by atoms with Gasteiger partial charge >= 0.3 is 59.1 Å². The molecule has 1 fully saturated rings. The minimum absolute atomic E-state index is 0. The molecule has 2 heterocycles. The molecule has 2 aromatic heterocycles. The molecule has 2 N–H and O–H groups in total. The number of rotatable bonds is 9. The molecular weight excluding hydrogens is 553 g/mol. The fourth-order valence-electron chi connectivity index (χ4n) is 3.36. The minimum Gasteiger partial charge on any atom is -0.790 e. The summed E-state index contributed by atoms with van der Waals surface area (Å²) in [5, 5.41) is 16.2. The van der Waals surface area contributed by atoms with Crippen molar-refractivity contribution in [3.05, 3.63) is 41.4 Å². The number of ether oxygens (including phenoxy) is 1. The van der Waals surface area contributed by atoms with E-state index in [9.17, 15) is 23.9 Å². The predicted molar refractivity (Wildman–Crippen MR) is 124 cm³/mol. The topological polar surface area (TPSA) is 201 Å². The molecule has 1 aromatic carbocycles. The Morgan fingerprint density at radius 2 is 2.05 bits per heavy atom. The van der Waals surface area contributed by atoms with Gasteiger partial charge in [0.15, 0.2) is 5.75 Å². The quantitative estimate of drug-likeness (QED) is 0.181. The van der Waals surface area contributed by atoms with Crippen LogP contribution in [0.1, 0.15) is 27.3 Å². The Kier molecular flexibility index (Phi) is 10.4. The van der Waals surface area contributed by atoms with Crippen LogP contribution in [0.25, 0.3) is 11.4 Å². The molecule has 2 amide bonds. The van der Waals surface area contributed by atoms with E-state index in [-0.39, 0.29) is 105 Å². The second kappa shape index (κ2) is 14.1. The average Bonchev–Trinajstić information content (AvgIpc) is 3.62. The molecule has 0 atom stereocenters. The summed E-state index contributed by atoms with van der Waals surface area (Å²) in [6, 6.07) is 6.02. The summed E-state index contributed by atoms with van der Waals surface area (Å²) in [5.74, 6) is -1.42. The van der Waals surface area contributed by atoms with Gasteiger partial charge in [-0.3, -0.25) is 9.59 Å².